The van der Waals surface area contributed by atoms with Gasteiger partial charge in [-0.15, -0.1) is 0 Å². The first-order valence-electron chi connectivity index (χ1n) is 11.7. The number of carbonyl (C=O) groups is 4. The number of hydrogen-bond donors (Lipinski definition) is 3. The third-order valence-corrected chi connectivity index (χ3v) is 5.16. The molecule has 1 aromatic carbocycles. The molecule has 3 amide bonds. The van der Waals surface area contributed by atoms with E-state index in [1.54, 1.807) is 29.2 Å². The first-order valence-corrected chi connectivity index (χ1v) is 11.7. The molecule has 0 aromatic heterocycles. The van der Waals surface area contributed by atoms with E-state index >= 15 is 0 Å². The number of benzene rings is 1. The number of esters is 1. The van der Waals surface area contributed by atoms with Crippen LogP contribution in [-0.4, -0.2) is 60.9 Å². The fraction of sp³-hybridized carbons (Fsp3) is 0.583. The van der Waals surface area contributed by atoms with Gasteiger partial charge in [0.05, 0.1) is 19.6 Å². The van der Waals surface area contributed by atoms with Crippen LogP contribution in [0.5, 0.6) is 0 Å². The normalized spacial score (nSPS) is 16.2. The number of amides is 3. The third-order valence-electron chi connectivity index (χ3n) is 5.16. The van der Waals surface area contributed by atoms with E-state index in [0.717, 1.165) is 19.3 Å². The van der Waals surface area contributed by atoms with Gasteiger partial charge in [0.25, 0.3) is 0 Å². The molecule has 0 radical (unpaired) electrons. The Morgan fingerprint density at radius 1 is 1.15 bits per heavy atom. The van der Waals surface area contributed by atoms with E-state index in [9.17, 15) is 19.2 Å². The Kier molecular flexibility index (Phi) is 10.8. The maximum Gasteiger partial charge on any atom is 0.307 e. The number of ether oxygens (including phenoxy) is 1. The summed E-state index contributed by atoms with van der Waals surface area (Å²) in [5.41, 5.74) is 1.15. The summed E-state index contributed by atoms with van der Waals surface area (Å²) in [5.74, 6) is -0.912. The van der Waals surface area contributed by atoms with Gasteiger partial charge in [0.2, 0.25) is 17.7 Å². The molecular formula is C24H36N4O5. The molecular weight excluding hydrogens is 424 g/mol. The van der Waals surface area contributed by atoms with Gasteiger partial charge in [-0.1, -0.05) is 39.7 Å². The van der Waals surface area contributed by atoms with Crippen molar-refractivity contribution < 1.29 is 23.9 Å². The quantitative estimate of drug-likeness (QED) is 0.326. The number of anilines is 2. The van der Waals surface area contributed by atoms with E-state index in [-0.39, 0.29) is 36.6 Å². The van der Waals surface area contributed by atoms with Crippen LogP contribution in [0.2, 0.25) is 0 Å². The highest BCUT2D eigenvalue weighted by atomic mass is 16.5. The lowest BCUT2D eigenvalue weighted by atomic mass is 10.1. The lowest BCUT2D eigenvalue weighted by molar-refractivity contribution is -0.149. The maximum absolute atomic E-state index is 12.7. The van der Waals surface area contributed by atoms with Crippen molar-refractivity contribution in [1.29, 1.82) is 0 Å². The van der Waals surface area contributed by atoms with Gasteiger partial charge in [0, 0.05) is 30.9 Å². The molecule has 0 spiro atoms. The smallest absolute Gasteiger partial charge is 0.307 e. The zero-order chi connectivity index (χ0) is 24.2. The van der Waals surface area contributed by atoms with Gasteiger partial charge in [-0.25, -0.2) is 0 Å². The summed E-state index contributed by atoms with van der Waals surface area (Å²) in [4.78, 5) is 50.8. The Morgan fingerprint density at radius 2 is 1.85 bits per heavy atom. The topological polar surface area (TPSA) is 117 Å². The van der Waals surface area contributed by atoms with Crippen LogP contribution in [-0.2, 0) is 23.9 Å². The molecule has 9 heteroatoms. The summed E-state index contributed by atoms with van der Waals surface area (Å²) in [6.45, 7) is 7.07. The number of carbonyl (C=O) groups excluding carboxylic acids is 4. The molecule has 33 heavy (non-hydrogen) atoms. The first-order chi connectivity index (χ1) is 15.8. The summed E-state index contributed by atoms with van der Waals surface area (Å²) in [7, 11) is 0. The monoisotopic (exact) mass is 460 g/mol. The highest BCUT2D eigenvalue weighted by Gasteiger charge is 2.33. The molecule has 3 N–H and O–H groups in total. The standard InChI is InChI=1S/C24H36N4O5/c1-4-5-6-10-21(29)26-18-8-7-9-19(13-18)27-22(30)15-28-12-11-25-24(32)20(28)14-23(31)33-16-17(2)3/h7-9,13,17,20H,4-6,10-12,14-16H2,1-3H3,(H,25,32)(H,26,29)(H,27,30). The van der Waals surface area contributed by atoms with Crippen LogP contribution >= 0.6 is 0 Å². The van der Waals surface area contributed by atoms with Crippen molar-refractivity contribution in [3.05, 3.63) is 24.3 Å². The summed E-state index contributed by atoms with van der Waals surface area (Å²) in [5, 5.41) is 8.39. The number of piperazine rings is 1. The Labute approximate surface area is 195 Å². The number of nitrogens with zero attached hydrogens (tertiary/aromatic N) is 1. The molecule has 2 rings (SSSR count). The Morgan fingerprint density at radius 3 is 2.52 bits per heavy atom. The predicted octanol–water partition coefficient (Wildman–Crippen LogP) is 2.53. The van der Waals surface area contributed by atoms with Gasteiger partial charge < -0.3 is 20.7 Å². The Bertz CT molecular complexity index is 827. The van der Waals surface area contributed by atoms with Crippen LogP contribution in [0.15, 0.2) is 24.3 Å². The van der Waals surface area contributed by atoms with E-state index in [4.69, 9.17) is 4.74 Å². The van der Waals surface area contributed by atoms with Gasteiger partial charge in [-0.2, -0.15) is 0 Å². The zero-order valence-electron chi connectivity index (χ0n) is 19.8. The second-order valence-corrected chi connectivity index (χ2v) is 8.69. The molecule has 1 aliphatic rings. The summed E-state index contributed by atoms with van der Waals surface area (Å²) in [6, 6.07) is 6.19. The zero-order valence-corrected chi connectivity index (χ0v) is 19.8. The molecule has 1 saturated heterocycles. The molecule has 0 aliphatic carbocycles. The van der Waals surface area contributed by atoms with Crippen LogP contribution in [0.4, 0.5) is 11.4 Å². The number of nitrogens with one attached hydrogen (secondary N) is 3. The van der Waals surface area contributed by atoms with Crippen molar-refractivity contribution in [2.75, 3.05) is 36.9 Å². The van der Waals surface area contributed by atoms with E-state index < -0.39 is 12.0 Å². The van der Waals surface area contributed by atoms with Gasteiger partial charge in [-0.05, 0) is 30.5 Å². The van der Waals surface area contributed by atoms with Crippen LogP contribution < -0.4 is 16.0 Å². The van der Waals surface area contributed by atoms with E-state index in [2.05, 4.69) is 22.9 Å². The molecule has 0 bridgehead atoms. The number of unbranched alkanes of at least 4 members (excludes halogenated alkanes) is 2. The second kappa shape index (κ2) is 13.6. The average molecular weight is 461 g/mol. The molecule has 1 fully saturated rings. The first kappa shape index (κ1) is 26.3. The van der Waals surface area contributed by atoms with Crippen molar-refractivity contribution in [1.82, 2.24) is 10.2 Å². The van der Waals surface area contributed by atoms with Crippen molar-refractivity contribution in [3.63, 3.8) is 0 Å². The molecule has 1 heterocycles. The minimum absolute atomic E-state index is 0.0385. The Balaban J connectivity index is 1.91. The van der Waals surface area contributed by atoms with Gasteiger partial charge in [-0.3, -0.25) is 24.1 Å². The predicted molar refractivity (Wildman–Crippen MR) is 127 cm³/mol. The third kappa shape index (κ3) is 9.61. The number of rotatable bonds is 12. The van der Waals surface area contributed by atoms with Crippen LogP contribution in [0.3, 0.4) is 0 Å². The minimum atomic E-state index is -0.752. The number of hydrogen-bond acceptors (Lipinski definition) is 6. The molecule has 1 aromatic rings. The van der Waals surface area contributed by atoms with Crippen LogP contribution in [0, 0.1) is 5.92 Å². The largest absolute Gasteiger partial charge is 0.465 e. The van der Waals surface area contributed by atoms with E-state index in [0.29, 0.717) is 37.5 Å². The highest BCUT2D eigenvalue weighted by molar-refractivity contribution is 5.95. The SMILES string of the molecule is CCCCCC(=O)Nc1cccc(NC(=O)CN2CCNC(=O)C2CC(=O)OCC(C)C)c1. The molecule has 9 nitrogen and oxygen atoms in total. The van der Waals surface area contributed by atoms with Gasteiger partial charge in [0.1, 0.15) is 6.04 Å². The fourth-order valence-electron chi connectivity index (χ4n) is 3.47. The summed E-state index contributed by atoms with van der Waals surface area (Å²) in [6.07, 6.45) is 3.25. The minimum Gasteiger partial charge on any atom is -0.465 e. The van der Waals surface area contributed by atoms with Crippen molar-refractivity contribution in [2.45, 2.75) is 58.9 Å². The lowest BCUT2D eigenvalue weighted by Gasteiger charge is -2.33. The highest BCUT2D eigenvalue weighted by Crippen LogP contribution is 2.17. The summed E-state index contributed by atoms with van der Waals surface area (Å²) >= 11 is 0. The van der Waals surface area contributed by atoms with E-state index in [1.165, 1.54) is 0 Å². The molecule has 1 aliphatic heterocycles. The maximum atomic E-state index is 12.7. The van der Waals surface area contributed by atoms with Crippen molar-refractivity contribution in [2.24, 2.45) is 5.92 Å². The molecule has 1 unspecified atom stereocenters. The Hall–Kier alpha value is -2.94. The summed E-state index contributed by atoms with van der Waals surface area (Å²) < 4.78 is 5.20. The molecule has 0 saturated carbocycles. The lowest BCUT2D eigenvalue weighted by Crippen LogP contribution is -2.57. The van der Waals surface area contributed by atoms with Crippen LogP contribution in [0.1, 0.15) is 52.9 Å². The van der Waals surface area contributed by atoms with Crippen molar-refractivity contribution >= 4 is 35.1 Å². The van der Waals surface area contributed by atoms with Gasteiger partial charge in [0.15, 0.2) is 0 Å². The fourth-order valence-corrected chi connectivity index (χ4v) is 3.47. The van der Waals surface area contributed by atoms with E-state index in [1.807, 2.05) is 13.8 Å². The van der Waals surface area contributed by atoms with Gasteiger partial charge >= 0.3 is 5.97 Å². The molecule has 1 atom stereocenters. The molecule has 182 valence electrons. The average Bonchev–Trinajstić information content (AvgIpc) is 2.75. The van der Waals surface area contributed by atoms with Crippen molar-refractivity contribution in [3.8, 4) is 0 Å². The second-order valence-electron chi connectivity index (χ2n) is 8.69. The van der Waals surface area contributed by atoms with Crippen LogP contribution in [0.25, 0.3) is 0 Å².